The van der Waals surface area contributed by atoms with Crippen molar-refractivity contribution >= 4 is 33.7 Å². The predicted octanol–water partition coefficient (Wildman–Crippen LogP) is 2.39. The Bertz CT molecular complexity index is 430. The Morgan fingerprint density at radius 2 is 2.20 bits per heavy atom. The summed E-state index contributed by atoms with van der Waals surface area (Å²) in [6.07, 6.45) is 3.62. The molecule has 0 amide bonds. The lowest BCUT2D eigenvalue weighted by molar-refractivity contribution is -0.141. The third-order valence-corrected chi connectivity index (χ3v) is 3.04. The zero-order valence-corrected chi connectivity index (χ0v) is 9.74. The minimum Gasteiger partial charge on any atom is -0.466 e. The fourth-order valence-electron chi connectivity index (χ4n) is 1.47. The van der Waals surface area contributed by atoms with E-state index in [-0.39, 0.29) is 5.97 Å². The van der Waals surface area contributed by atoms with Crippen LogP contribution in [0.1, 0.15) is 5.56 Å². The van der Waals surface area contributed by atoms with Crippen molar-refractivity contribution in [3.63, 3.8) is 0 Å². The van der Waals surface area contributed by atoms with Crippen LogP contribution in [0.15, 0.2) is 30.3 Å². The van der Waals surface area contributed by atoms with Gasteiger partial charge >= 0.3 is 5.97 Å². The Balaban J connectivity index is 2.37. The van der Waals surface area contributed by atoms with E-state index in [9.17, 15) is 4.79 Å². The number of carbonyl (C=O) groups is 1. The highest BCUT2D eigenvalue weighted by atomic mass is 79.9. The van der Waals surface area contributed by atoms with E-state index in [1.54, 1.807) is 6.08 Å². The molecule has 1 aromatic rings. The Morgan fingerprint density at radius 3 is 2.93 bits per heavy atom. The molecule has 1 aliphatic heterocycles. The maximum atomic E-state index is 11.5. The lowest BCUT2D eigenvalue weighted by Gasteiger charge is -2.27. The van der Waals surface area contributed by atoms with Crippen LogP contribution in [0.2, 0.25) is 0 Å². The van der Waals surface area contributed by atoms with Crippen LogP contribution < -0.4 is 5.32 Å². The molecular formula is C11H10BrNO2. The topological polar surface area (TPSA) is 38.3 Å². The van der Waals surface area contributed by atoms with Crippen molar-refractivity contribution in [2.75, 3.05) is 12.4 Å². The van der Waals surface area contributed by atoms with Crippen molar-refractivity contribution in [2.45, 2.75) is 4.45 Å². The summed E-state index contributed by atoms with van der Waals surface area (Å²) in [4.78, 5) is 11.5. The fraction of sp³-hybridized carbons (Fsp3) is 0.182. The number of fused-ring (bicyclic) bond motifs is 1. The highest BCUT2D eigenvalue weighted by molar-refractivity contribution is 9.10. The van der Waals surface area contributed by atoms with E-state index in [0.717, 1.165) is 11.3 Å². The number of esters is 1. The molecule has 3 nitrogen and oxygen atoms in total. The Labute approximate surface area is 96.3 Å². The number of alkyl halides is 1. The number of nitrogens with one attached hydrogen (secondary N) is 1. The van der Waals surface area contributed by atoms with Crippen LogP contribution in [0, 0.1) is 0 Å². The third-order valence-electron chi connectivity index (χ3n) is 2.25. The van der Waals surface area contributed by atoms with Gasteiger partial charge in [0.1, 0.15) is 0 Å². The summed E-state index contributed by atoms with van der Waals surface area (Å²) in [5.74, 6) is -0.367. The van der Waals surface area contributed by atoms with Crippen LogP contribution in [-0.4, -0.2) is 17.5 Å². The molecular weight excluding hydrogens is 258 g/mol. The van der Waals surface area contributed by atoms with Gasteiger partial charge in [0.2, 0.25) is 4.45 Å². The van der Waals surface area contributed by atoms with Crippen LogP contribution in [0.5, 0.6) is 0 Å². The van der Waals surface area contributed by atoms with E-state index in [1.807, 2.05) is 30.3 Å². The first-order valence-corrected chi connectivity index (χ1v) is 5.29. The molecule has 2 rings (SSSR count). The van der Waals surface area contributed by atoms with Crippen molar-refractivity contribution in [2.24, 2.45) is 0 Å². The molecule has 0 aliphatic carbocycles. The summed E-state index contributed by atoms with van der Waals surface area (Å²) in [5, 5.41) is 3.08. The first-order valence-electron chi connectivity index (χ1n) is 4.49. The zero-order valence-electron chi connectivity index (χ0n) is 8.16. The molecule has 0 fully saturated rings. The van der Waals surface area contributed by atoms with Gasteiger partial charge in [-0.15, -0.1) is 0 Å². The van der Waals surface area contributed by atoms with Gasteiger partial charge in [-0.2, -0.15) is 0 Å². The molecule has 0 bridgehead atoms. The van der Waals surface area contributed by atoms with Crippen LogP contribution >= 0.6 is 15.9 Å². The summed E-state index contributed by atoms with van der Waals surface area (Å²) >= 11 is 3.32. The molecule has 0 saturated heterocycles. The van der Waals surface area contributed by atoms with Crippen molar-refractivity contribution in [1.82, 2.24) is 0 Å². The number of ether oxygens (including phenoxy) is 1. The fourth-order valence-corrected chi connectivity index (χ4v) is 1.97. The SMILES string of the molecule is COC(=O)C1(Br)C=Cc2ccccc2N1. The molecule has 0 radical (unpaired) electrons. The highest BCUT2D eigenvalue weighted by Crippen LogP contribution is 2.32. The number of benzene rings is 1. The van der Waals surface area contributed by atoms with E-state index >= 15 is 0 Å². The third kappa shape index (κ3) is 1.77. The molecule has 1 aromatic carbocycles. The molecule has 78 valence electrons. The normalized spacial score (nSPS) is 22.8. The molecule has 1 atom stereocenters. The van der Waals surface area contributed by atoms with Crippen LogP contribution in [-0.2, 0) is 9.53 Å². The molecule has 1 unspecified atom stereocenters. The largest absolute Gasteiger partial charge is 0.466 e. The van der Waals surface area contributed by atoms with Gasteiger partial charge in [-0.1, -0.05) is 24.3 Å². The zero-order chi connectivity index (χ0) is 10.9. The lowest BCUT2D eigenvalue weighted by Crippen LogP contribution is -2.40. The number of methoxy groups -OCH3 is 1. The summed E-state index contributed by atoms with van der Waals surface area (Å²) in [6.45, 7) is 0. The maximum Gasteiger partial charge on any atom is 0.346 e. The van der Waals surface area contributed by atoms with E-state index in [1.165, 1.54) is 7.11 Å². The van der Waals surface area contributed by atoms with Crippen molar-refractivity contribution < 1.29 is 9.53 Å². The number of para-hydroxylation sites is 1. The smallest absolute Gasteiger partial charge is 0.346 e. The second kappa shape index (κ2) is 3.70. The first kappa shape index (κ1) is 10.2. The van der Waals surface area contributed by atoms with E-state index in [4.69, 9.17) is 4.74 Å². The second-order valence-corrected chi connectivity index (χ2v) is 4.50. The number of halogens is 1. The van der Waals surface area contributed by atoms with Gasteiger partial charge in [0, 0.05) is 5.69 Å². The van der Waals surface area contributed by atoms with Crippen LogP contribution in [0.3, 0.4) is 0 Å². The average molecular weight is 268 g/mol. The van der Waals surface area contributed by atoms with E-state index < -0.39 is 4.45 Å². The van der Waals surface area contributed by atoms with Gasteiger partial charge in [0.15, 0.2) is 0 Å². The molecule has 15 heavy (non-hydrogen) atoms. The first-order chi connectivity index (χ1) is 7.15. The second-order valence-electron chi connectivity index (χ2n) is 3.25. The average Bonchev–Trinajstić information content (AvgIpc) is 2.27. The Kier molecular flexibility index (Phi) is 2.52. The highest BCUT2D eigenvalue weighted by Gasteiger charge is 2.36. The number of carbonyl (C=O) groups excluding carboxylic acids is 1. The van der Waals surface area contributed by atoms with Crippen molar-refractivity contribution in [1.29, 1.82) is 0 Å². The molecule has 0 spiro atoms. The van der Waals surface area contributed by atoms with Crippen molar-refractivity contribution in [3.8, 4) is 0 Å². The molecule has 1 heterocycles. The summed E-state index contributed by atoms with van der Waals surface area (Å²) < 4.78 is 3.76. The number of hydrogen-bond acceptors (Lipinski definition) is 3. The maximum absolute atomic E-state index is 11.5. The summed E-state index contributed by atoms with van der Waals surface area (Å²) in [6, 6.07) is 7.75. The predicted molar refractivity (Wildman–Crippen MR) is 62.8 cm³/mol. The van der Waals surface area contributed by atoms with Crippen LogP contribution in [0.4, 0.5) is 5.69 Å². The summed E-state index contributed by atoms with van der Waals surface area (Å²) in [7, 11) is 1.36. The van der Waals surface area contributed by atoms with E-state index in [2.05, 4.69) is 21.2 Å². The summed E-state index contributed by atoms with van der Waals surface area (Å²) in [5.41, 5.74) is 1.96. The molecule has 1 N–H and O–H groups in total. The number of rotatable bonds is 1. The minimum atomic E-state index is -0.948. The standard InChI is InChI=1S/C11H10BrNO2/c1-15-10(14)11(12)7-6-8-4-2-3-5-9(8)13-11/h2-7,13H,1H3. The molecule has 4 heteroatoms. The Hall–Kier alpha value is -1.29. The minimum absolute atomic E-state index is 0.367. The lowest BCUT2D eigenvalue weighted by atomic mass is 10.1. The molecule has 0 aromatic heterocycles. The van der Waals surface area contributed by atoms with Gasteiger partial charge < -0.3 is 10.1 Å². The van der Waals surface area contributed by atoms with Gasteiger partial charge in [0.05, 0.1) is 7.11 Å². The van der Waals surface area contributed by atoms with E-state index in [0.29, 0.717) is 0 Å². The van der Waals surface area contributed by atoms with Gasteiger partial charge in [0.25, 0.3) is 0 Å². The van der Waals surface area contributed by atoms with Gasteiger partial charge in [-0.05, 0) is 33.6 Å². The molecule has 1 aliphatic rings. The monoisotopic (exact) mass is 267 g/mol. The van der Waals surface area contributed by atoms with Crippen LogP contribution in [0.25, 0.3) is 6.08 Å². The number of hydrogen-bond donors (Lipinski definition) is 1. The van der Waals surface area contributed by atoms with Gasteiger partial charge in [-0.25, -0.2) is 4.79 Å². The van der Waals surface area contributed by atoms with Gasteiger partial charge in [-0.3, -0.25) is 0 Å². The van der Waals surface area contributed by atoms with Crippen molar-refractivity contribution in [3.05, 3.63) is 35.9 Å². The quantitative estimate of drug-likeness (QED) is 0.483. The number of anilines is 1. The molecule has 0 saturated carbocycles. The Morgan fingerprint density at radius 1 is 1.47 bits per heavy atom.